The van der Waals surface area contributed by atoms with E-state index in [9.17, 15) is 9.59 Å². The van der Waals surface area contributed by atoms with Gasteiger partial charge in [-0.1, -0.05) is 30.3 Å². The number of nitrogens with two attached hydrogens (primary N) is 1. The standard InChI is InChI=1S/C23H24N4O3/c1-15-9-11-27(26-15)12-10-21(28)25-14-19-13-18-3-2-4-20(22(18)30-19)16-5-7-17(8-6-16)23(24)29/h2-9,11,19H,10,12-14H2,1H3,(H2,24,29)(H,25,28). The Morgan fingerprint density at radius 2 is 2.00 bits per heavy atom. The fourth-order valence-corrected chi connectivity index (χ4v) is 3.61. The van der Waals surface area contributed by atoms with Crippen LogP contribution >= 0.6 is 0 Å². The van der Waals surface area contributed by atoms with Crippen LogP contribution in [0.25, 0.3) is 11.1 Å². The number of rotatable bonds is 7. The molecule has 0 saturated heterocycles. The quantitative estimate of drug-likeness (QED) is 0.632. The number of fused-ring (bicyclic) bond motifs is 1. The Morgan fingerprint density at radius 1 is 1.20 bits per heavy atom. The minimum atomic E-state index is -0.449. The summed E-state index contributed by atoms with van der Waals surface area (Å²) in [4.78, 5) is 23.5. The third-order valence-electron chi connectivity index (χ3n) is 5.18. The van der Waals surface area contributed by atoms with Gasteiger partial charge in [0.1, 0.15) is 11.9 Å². The highest BCUT2D eigenvalue weighted by atomic mass is 16.5. The third-order valence-corrected chi connectivity index (χ3v) is 5.18. The predicted molar refractivity (Wildman–Crippen MR) is 113 cm³/mol. The zero-order chi connectivity index (χ0) is 21.1. The minimum Gasteiger partial charge on any atom is -0.487 e. The highest BCUT2D eigenvalue weighted by molar-refractivity contribution is 5.93. The maximum absolute atomic E-state index is 12.2. The summed E-state index contributed by atoms with van der Waals surface area (Å²) in [5.74, 6) is 0.357. The molecule has 3 aromatic rings. The molecule has 4 rings (SSSR count). The van der Waals surface area contributed by atoms with Gasteiger partial charge < -0.3 is 15.8 Å². The van der Waals surface area contributed by atoms with E-state index in [-0.39, 0.29) is 12.0 Å². The molecule has 1 aliphatic rings. The van der Waals surface area contributed by atoms with Crippen molar-refractivity contribution >= 4 is 11.8 Å². The van der Waals surface area contributed by atoms with Gasteiger partial charge in [-0.3, -0.25) is 14.3 Å². The average Bonchev–Trinajstić information content (AvgIpc) is 3.36. The Labute approximate surface area is 174 Å². The van der Waals surface area contributed by atoms with E-state index in [0.29, 0.717) is 25.1 Å². The molecule has 0 radical (unpaired) electrons. The van der Waals surface area contributed by atoms with Gasteiger partial charge >= 0.3 is 0 Å². The molecule has 30 heavy (non-hydrogen) atoms. The van der Waals surface area contributed by atoms with E-state index in [1.807, 2.05) is 49.5 Å². The number of hydrogen-bond donors (Lipinski definition) is 2. The summed E-state index contributed by atoms with van der Waals surface area (Å²) in [6, 6.07) is 15.1. The van der Waals surface area contributed by atoms with Crippen LogP contribution in [0.1, 0.15) is 28.0 Å². The molecular formula is C23H24N4O3. The second-order valence-corrected chi connectivity index (χ2v) is 7.45. The lowest BCUT2D eigenvalue weighted by atomic mass is 9.99. The SMILES string of the molecule is Cc1ccn(CCC(=O)NCC2Cc3cccc(-c4ccc(C(N)=O)cc4)c3O2)n1. The number of primary amides is 1. The Balaban J connectivity index is 1.35. The van der Waals surface area contributed by atoms with E-state index in [2.05, 4.69) is 10.4 Å². The van der Waals surface area contributed by atoms with Crippen LogP contribution in [-0.2, 0) is 17.8 Å². The van der Waals surface area contributed by atoms with Gasteiger partial charge in [0, 0.05) is 36.7 Å². The lowest BCUT2D eigenvalue weighted by molar-refractivity contribution is -0.121. The van der Waals surface area contributed by atoms with Crippen molar-refractivity contribution in [1.82, 2.24) is 15.1 Å². The monoisotopic (exact) mass is 404 g/mol. The molecule has 154 valence electrons. The Morgan fingerprint density at radius 3 is 2.70 bits per heavy atom. The summed E-state index contributed by atoms with van der Waals surface area (Å²) in [5.41, 5.74) is 9.76. The molecule has 0 fully saturated rings. The molecule has 0 aliphatic carbocycles. The van der Waals surface area contributed by atoms with Crippen LogP contribution in [0.3, 0.4) is 0 Å². The molecule has 1 unspecified atom stereocenters. The zero-order valence-corrected chi connectivity index (χ0v) is 16.8. The molecule has 2 aromatic carbocycles. The van der Waals surface area contributed by atoms with Gasteiger partial charge in [0.25, 0.3) is 0 Å². The molecule has 2 heterocycles. The maximum Gasteiger partial charge on any atom is 0.248 e. The molecule has 1 aliphatic heterocycles. The molecule has 0 spiro atoms. The molecule has 3 N–H and O–H groups in total. The molecular weight excluding hydrogens is 380 g/mol. The van der Waals surface area contributed by atoms with Crippen LogP contribution in [0.5, 0.6) is 5.75 Å². The second-order valence-electron chi connectivity index (χ2n) is 7.45. The summed E-state index contributed by atoms with van der Waals surface area (Å²) >= 11 is 0. The van der Waals surface area contributed by atoms with Crippen LogP contribution in [0.4, 0.5) is 0 Å². The number of aryl methyl sites for hydroxylation is 2. The Bertz CT molecular complexity index is 1070. The number of carbonyl (C=O) groups is 2. The number of ether oxygens (including phenoxy) is 1. The zero-order valence-electron chi connectivity index (χ0n) is 16.8. The van der Waals surface area contributed by atoms with Crippen molar-refractivity contribution in [3.63, 3.8) is 0 Å². The van der Waals surface area contributed by atoms with Crippen LogP contribution in [-0.4, -0.2) is 34.2 Å². The first-order valence-electron chi connectivity index (χ1n) is 9.95. The first-order chi connectivity index (χ1) is 14.5. The lowest BCUT2D eigenvalue weighted by Gasteiger charge is -2.14. The molecule has 7 nitrogen and oxygen atoms in total. The van der Waals surface area contributed by atoms with Crippen LogP contribution < -0.4 is 15.8 Å². The van der Waals surface area contributed by atoms with E-state index < -0.39 is 5.91 Å². The van der Waals surface area contributed by atoms with Crippen molar-refractivity contribution in [2.75, 3.05) is 6.54 Å². The number of nitrogens with zero attached hydrogens (tertiary/aromatic N) is 2. The number of hydrogen-bond acceptors (Lipinski definition) is 4. The number of nitrogens with one attached hydrogen (secondary N) is 1. The number of para-hydroxylation sites is 1. The van der Waals surface area contributed by atoms with Crippen molar-refractivity contribution < 1.29 is 14.3 Å². The van der Waals surface area contributed by atoms with Crippen molar-refractivity contribution in [2.24, 2.45) is 5.73 Å². The van der Waals surface area contributed by atoms with Crippen LogP contribution in [0.2, 0.25) is 0 Å². The summed E-state index contributed by atoms with van der Waals surface area (Å²) in [6.07, 6.45) is 2.87. The minimum absolute atomic E-state index is 0.0232. The van der Waals surface area contributed by atoms with E-state index in [4.69, 9.17) is 10.5 Å². The van der Waals surface area contributed by atoms with Crippen molar-refractivity contribution in [3.05, 3.63) is 71.5 Å². The molecule has 7 heteroatoms. The van der Waals surface area contributed by atoms with Crippen molar-refractivity contribution in [1.29, 1.82) is 0 Å². The van der Waals surface area contributed by atoms with E-state index in [1.165, 1.54) is 0 Å². The Hall–Kier alpha value is -3.61. The van der Waals surface area contributed by atoms with Gasteiger partial charge in [-0.15, -0.1) is 0 Å². The van der Waals surface area contributed by atoms with Crippen LogP contribution in [0.15, 0.2) is 54.7 Å². The Kier molecular flexibility index (Phi) is 5.52. The second kappa shape index (κ2) is 8.41. The highest BCUT2D eigenvalue weighted by Gasteiger charge is 2.26. The lowest BCUT2D eigenvalue weighted by Crippen LogP contribution is -2.34. The third kappa shape index (κ3) is 4.35. The first-order valence-corrected chi connectivity index (χ1v) is 9.95. The maximum atomic E-state index is 12.2. The molecule has 2 amide bonds. The topological polar surface area (TPSA) is 99.2 Å². The number of aromatic nitrogens is 2. The molecule has 0 saturated carbocycles. The van der Waals surface area contributed by atoms with E-state index in [0.717, 1.165) is 34.6 Å². The van der Waals surface area contributed by atoms with Gasteiger partial charge in [-0.2, -0.15) is 5.10 Å². The predicted octanol–water partition coefficient (Wildman–Crippen LogP) is 2.47. The van der Waals surface area contributed by atoms with Gasteiger partial charge in [0.15, 0.2) is 0 Å². The van der Waals surface area contributed by atoms with Gasteiger partial charge in [-0.05, 0) is 36.2 Å². The number of amides is 2. The highest BCUT2D eigenvalue weighted by Crippen LogP contribution is 2.38. The van der Waals surface area contributed by atoms with Gasteiger partial charge in [-0.25, -0.2) is 0 Å². The summed E-state index contributed by atoms with van der Waals surface area (Å²) in [6.45, 7) is 2.93. The molecule has 1 aromatic heterocycles. The van der Waals surface area contributed by atoms with Crippen molar-refractivity contribution in [3.8, 4) is 16.9 Å². The fraction of sp³-hybridized carbons (Fsp3) is 0.261. The normalized spacial score (nSPS) is 14.8. The van der Waals surface area contributed by atoms with E-state index in [1.54, 1.807) is 16.8 Å². The van der Waals surface area contributed by atoms with Crippen molar-refractivity contribution in [2.45, 2.75) is 32.4 Å². The van der Waals surface area contributed by atoms with Gasteiger partial charge in [0.05, 0.1) is 12.2 Å². The average molecular weight is 404 g/mol. The first kappa shape index (κ1) is 19.7. The number of carbonyl (C=O) groups excluding carboxylic acids is 2. The largest absolute Gasteiger partial charge is 0.487 e. The summed E-state index contributed by atoms with van der Waals surface area (Å²) in [5, 5.41) is 7.25. The molecule has 1 atom stereocenters. The van der Waals surface area contributed by atoms with Gasteiger partial charge in [0.2, 0.25) is 11.8 Å². The number of benzene rings is 2. The summed E-state index contributed by atoms with van der Waals surface area (Å²) < 4.78 is 7.93. The summed E-state index contributed by atoms with van der Waals surface area (Å²) in [7, 11) is 0. The molecule has 0 bridgehead atoms. The van der Waals surface area contributed by atoms with Crippen LogP contribution in [0, 0.1) is 6.92 Å². The smallest absolute Gasteiger partial charge is 0.248 e. The fourth-order valence-electron chi connectivity index (χ4n) is 3.61. The van der Waals surface area contributed by atoms with E-state index >= 15 is 0 Å².